The molecule has 1 N–H and O–H groups in total. The quantitative estimate of drug-likeness (QED) is 0.599. The van der Waals surface area contributed by atoms with E-state index in [0.29, 0.717) is 5.56 Å². The van der Waals surface area contributed by atoms with Crippen molar-refractivity contribution < 1.29 is 9.90 Å². The highest BCUT2D eigenvalue weighted by molar-refractivity contribution is 5.80. The van der Waals surface area contributed by atoms with E-state index in [1.54, 1.807) is 6.07 Å². The van der Waals surface area contributed by atoms with E-state index in [1.165, 1.54) is 12.8 Å². The van der Waals surface area contributed by atoms with Crippen LogP contribution in [-0.4, -0.2) is 11.4 Å². The van der Waals surface area contributed by atoms with E-state index in [4.69, 9.17) is 0 Å². The van der Waals surface area contributed by atoms with Gasteiger partial charge in [-0.25, -0.2) is 0 Å². The van der Waals surface area contributed by atoms with E-state index in [9.17, 15) is 9.90 Å². The van der Waals surface area contributed by atoms with Gasteiger partial charge < -0.3 is 5.11 Å². The van der Waals surface area contributed by atoms with Crippen molar-refractivity contribution in [3.8, 4) is 5.75 Å². The van der Waals surface area contributed by atoms with Crippen molar-refractivity contribution in [3.63, 3.8) is 0 Å². The first-order valence-electron chi connectivity index (χ1n) is 6.71. The molecule has 0 fully saturated rings. The van der Waals surface area contributed by atoms with Crippen LogP contribution in [0, 0.1) is 6.92 Å². The van der Waals surface area contributed by atoms with E-state index >= 15 is 0 Å². The summed E-state index contributed by atoms with van der Waals surface area (Å²) in [5, 5.41) is 10.2. The standard InChI is InChI=1S/C16H24O2/c1-5-6-7-8-16(3,4)14-10-12(2)9-13(11-17)15(14)18/h9-11,18H,5-8H2,1-4H3. The second-order valence-corrected chi connectivity index (χ2v) is 5.71. The molecule has 0 aliphatic heterocycles. The number of hydrogen-bond acceptors (Lipinski definition) is 2. The highest BCUT2D eigenvalue weighted by Gasteiger charge is 2.25. The molecule has 0 spiro atoms. The largest absolute Gasteiger partial charge is 0.507 e. The number of hydrogen-bond donors (Lipinski definition) is 1. The molecule has 18 heavy (non-hydrogen) atoms. The molecule has 0 radical (unpaired) electrons. The minimum atomic E-state index is -0.0942. The topological polar surface area (TPSA) is 37.3 Å². The van der Waals surface area contributed by atoms with E-state index in [-0.39, 0.29) is 11.2 Å². The molecule has 1 aromatic rings. The molecule has 1 rings (SSSR count). The highest BCUT2D eigenvalue weighted by atomic mass is 16.3. The van der Waals surface area contributed by atoms with Crippen molar-refractivity contribution in [1.29, 1.82) is 0 Å². The van der Waals surface area contributed by atoms with Crippen LogP contribution < -0.4 is 0 Å². The first-order valence-corrected chi connectivity index (χ1v) is 6.71. The van der Waals surface area contributed by atoms with Crippen molar-refractivity contribution in [2.45, 2.75) is 58.8 Å². The first kappa shape index (κ1) is 14.7. The molecule has 2 heteroatoms. The Bertz CT molecular complexity index is 419. The molecule has 0 atom stereocenters. The Morgan fingerprint density at radius 2 is 1.94 bits per heavy atom. The molecule has 100 valence electrons. The number of rotatable bonds is 6. The molecule has 0 heterocycles. The Labute approximate surface area is 110 Å². The van der Waals surface area contributed by atoms with Gasteiger partial charge in [0.15, 0.2) is 6.29 Å². The zero-order valence-electron chi connectivity index (χ0n) is 11.9. The molecule has 0 saturated heterocycles. The van der Waals surface area contributed by atoms with Crippen LogP contribution in [0.4, 0.5) is 0 Å². The minimum absolute atomic E-state index is 0.0942. The number of carbonyl (C=O) groups excluding carboxylic acids is 1. The third kappa shape index (κ3) is 3.34. The van der Waals surface area contributed by atoms with E-state index in [0.717, 1.165) is 30.3 Å². The molecule has 1 aromatic carbocycles. The fraction of sp³-hybridized carbons (Fsp3) is 0.562. The van der Waals surface area contributed by atoms with Crippen molar-refractivity contribution in [3.05, 3.63) is 28.8 Å². The van der Waals surface area contributed by atoms with Gasteiger partial charge in [0, 0.05) is 5.56 Å². The summed E-state index contributed by atoms with van der Waals surface area (Å²) in [7, 11) is 0. The SMILES string of the molecule is CCCCCC(C)(C)c1cc(C)cc(C=O)c1O. The summed E-state index contributed by atoms with van der Waals surface area (Å²) in [5.41, 5.74) is 2.21. The zero-order valence-corrected chi connectivity index (χ0v) is 11.9. The monoisotopic (exact) mass is 248 g/mol. The van der Waals surface area contributed by atoms with E-state index < -0.39 is 0 Å². The van der Waals surface area contributed by atoms with Gasteiger partial charge in [0.05, 0.1) is 5.56 Å². The molecule has 2 nitrogen and oxygen atoms in total. The lowest BCUT2D eigenvalue weighted by atomic mass is 9.78. The summed E-state index contributed by atoms with van der Waals surface area (Å²) in [4.78, 5) is 11.0. The van der Waals surface area contributed by atoms with Gasteiger partial charge in [-0.2, -0.15) is 0 Å². The summed E-state index contributed by atoms with van der Waals surface area (Å²) in [6.07, 6.45) is 5.30. The minimum Gasteiger partial charge on any atom is -0.507 e. The van der Waals surface area contributed by atoms with Gasteiger partial charge in [-0.3, -0.25) is 4.79 Å². The molecular formula is C16H24O2. The second-order valence-electron chi connectivity index (χ2n) is 5.71. The fourth-order valence-corrected chi connectivity index (χ4v) is 2.36. The predicted octanol–water partition coefficient (Wildman–Crippen LogP) is 4.37. The van der Waals surface area contributed by atoms with Crippen LogP contribution in [0.3, 0.4) is 0 Å². The molecule has 0 bridgehead atoms. The van der Waals surface area contributed by atoms with Crippen molar-refractivity contribution in [2.24, 2.45) is 0 Å². The van der Waals surface area contributed by atoms with Gasteiger partial charge in [0.25, 0.3) is 0 Å². The Morgan fingerprint density at radius 1 is 1.28 bits per heavy atom. The molecular weight excluding hydrogens is 224 g/mol. The smallest absolute Gasteiger partial charge is 0.153 e. The predicted molar refractivity (Wildman–Crippen MR) is 75.4 cm³/mol. The Balaban J connectivity index is 3.06. The summed E-state index contributed by atoms with van der Waals surface area (Å²) >= 11 is 0. The second kappa shape index (κ2) is 6.03. The van der Waals surface area contributed by atoms with Gasteiger partial charge >= 0.3 is 0 Å². The van der Waals surface area contributed by atoms with Gasteiger partial charge in [0.1, 0.15) is 5.75 Å². The summed E-state index contributed by atoms with van der Waals surface area (Å²) in [6, 6.07) is 3.72. The summed E-state index contributed by atoms with van der Waals surface area (Å²) in [5.74, 6) is 0.150. The number of benzene rings is 1. The van der Waals surface area contributed by atoms with Gasteiger partial charge in [-0.15, -0.1) is 0 Å². The summed E-state index contributed by atoms with van der Waals surface area (Å²) in [6.45, 7) is 8.40. The maximum Gasteiger partial charge on any atom is 0.153 e. The van der Waals surface area contributed by atoms with Crippen LogP contribution in [0.15, 0.2) is 12.1 Å². The van der Waals surface area contributed by atoms with Crippen LogP contribution in [0.5, 0.6) is 5.75 Å². The lowest BCUT2D eigenvalue weighted by Gasteiger charge is -2.27. The van der Waals surface area contributed by atoms with Crippen LogP contribution in [0.25, 0.3) is 0 Å². The maximum atomic E-state index is 11.0. The van der Waals surface area contributed by atoms with Crippen molar-refractivity contribution in [2.75, 3.05) is 0 Å². The Hall–Kier alpha value is -1.31. The Morgan fingerprint density at radius 3 is 2.50 bits per heavy atom. The Kier molecular flexibility index (Phi) is 4.94. The van der Waals surface area contributed by atoms with Crippen LogP contribution in [0.1, 0.15) is 67.9 Å². The van der Waals surface area contributed by atoms with Gasteiger partial charge in [-0.05, 0) is 30.4 Å². The normalized spacial score (nSPS) is 11.6. The number of unbranched alkanes of at least 4 members (excludes halogenated alkanes) is 2. The maximum absolute atomic E-state index is 11.0. The van der Waals surface area contributed by atoms with E-state index in [2.05, 4.69) is 20.8 Å². The van der Waals surface area contributed by atoms with Crippen LogP contribution >= 0.6 is 0 Å². The van der Waals surface area contributed by atoms with Crippen LogP contribution in [-0.2, 0) is 5.41 Å². The number of aldehydes is 1. The van der Waals surface area contributed by atoms with Gasteiger partial charge in [-0.1, -0.05) is 46.1 Å². The molecule has 0 aliphatic rings. The molecule has 0 unspecified atom stereocenters. The summed E-state index contributed by atoms with van der Waals surface area (Å²) < 4.78 is 0. The third-order valence-electron chi connectivity index (χ3n) is 3.55. The number of carbonyl (C=O) groups is 1. The number of phenols is 1. The zero-order chi connectivity index (χ0) is 13.8. The lowest BCUT2D eigenvalue weighted by molar-refractivity contribution is 0.112. The molecule has 0 amide bonds. The highest BCUT2D eigenvalue weighted by Crippen LogP contribution is 2.37. The first-order chi connectivity index (χ1) is 8.42. The number of phenolic OH excluding ortho intramolecular Hbond substituents is 1. The van der Waals surface area contributed by atoms with Crippen LogP contribution in [0.2, 0.25) is 0 Å². The molecule has 0 saturated carbocycles. The average molecular weight is 248 g/mol. The lowest BCUT2D eigenvalue weighted by Crippen LogP contribution is -2.18. The number of aromatic hydroxyl groups is 1. The average Bonchev–Trinajstić information content (AvgIpc) is 2.31. The third-order valence-corrected chi connectivity index (χ3v) is 3.55. The van der Waals surface area contributed by atoms with E-state index in [1.807, 2.05) is 13.0 Å². The molecule has 0 aliphatic carbocycles. The molecule has 0 aromatic heterocycles. The fourth-order valence-electron chi connectivity index (χ4n) is 2.36. The number of aryl methyl sites for hydroxylation is 1. The van der Waals surface area contributed by atoms with Crippen molar-refractivity contribution in [1.82, 2.24) is 0 Å². The van der Waals surface area contributed by atoms with Crippen molar-refractivity contribution >= 4 is 6.29 Å². The van der Waals surface area contributed by atoms with Gasteiger partial charge in [0.2, 0.25) is 0 Å².